The van der Waals surface area contributed by atoms with Crippen LogP contribution in [0.1, 0.15) is 194 Å². The number of phosphoric acid groups is 1. The van der Waals surface area contributed by atoms with Gasteiger partial charge < -0.3 is 20.1 Å². The van der Waals surface area contributed by atoms with E-state index in [0.29, 0.717) is 6.42 Å². The summed E-state index contributed by atoms with van der Waals surface area (Å²) < 4.78 is 32.7. The number of allylic oxidation sites excluding steroid dienone is 6. The summed E-state index contributed by atoms with van der Waals surface area (Å²) in [5.74, 6) is -0.870. The molecule has 0 rings (SSSR count). The van der Waals surface area contributed by atoms with E-state index in [9.17, 15) is 19.0 Å². The lowest BCUT2D eigenvalue weighted by Crippen LogP contribution is -2.29. The molecule has 0 aromatic heterocycles. The second-order valence-electron chi connectivity index (χ2n) is 14.2. The third-order valence-electron chi connectivity index (χ3n) is 9.00. The largest absolute Gasteiger partial charge is 0.472 e. The molecule has 10 heteroatoms. The molecule has 0 fully saturated rings. The van der Waals surface area contributed by atoms with Crippen molar-refractivity contribution in [3.8, 4) is 0 Å². The summed E-state index contributed by atoms with van der Waals surface area (Å²) in [6.07, 6.45) is 43.2. The molecule has 0 bridgehead atoms. The number of rotatable bonds is 40. The monoisotopic (exact) mass is 770 g/mol. The molecule has 1 unspecified atom stereocenters. The van der Waals surface area contributed by atoms with Gasteiger partial charge in [-0.05, 0) is 70.6 Å². The van der Waals surface area contributed by atoms with Crippen molar-refractivity contribution in [3.63, 3.8) is 0 Å². The fourth-order valence-corrected chi connectivity index (χ4v) is 6.54. The van der Waals surface area contributed by atoms with Crippen LogP contribution in [-0.4, -0.2) is 49.3 Å². The lowest BCUT2D eigenvalue weighted by atomic mass is 10.1. The van der Waals surface area contributed by atoms with E-state index in [4.69, 9.17) is 24.3 Å². The minimum absolute atomic E-state index is 0.0477. The number of unbranched alkanes of at least 4 members (excludes halogenated alkanes) is 21. The van der Waals surface area contributed by atoms with E-state index in [1.807, 2.05) is 0 Å². The maximum Gasteiger partial charge on any atom is 0.472 e. The number of carbonyl (C=O) groups excluding carboxylic acids is 2. The highest BCUT2D eigenvalue weighted by atomic mass is 31.2. The first-order valence-corrected chi connectivity index (χ1v) is 23.0. The first-order valence-electron chi connectivity index (χ1n) is 21.5. The van der Waals surface area contributed by atoms with Gasteiger partial charge in [0.1, 0.15) is 6.61 Å². The van der Waals surface area contributed by atoms with Gasteiger partial charge in [-0.1, -0.05) is 147 Å². The first kappa shape index (κ1) is 51.2. The molecule has 0 radical (unpaired) electrons. The molecule has 53 heavy (non-hydrogen) atoms. The second-order valence-corrected chi connectivity index (χ2v) is 15.7. The van der Waals surface area contributed by atoms with Crippen molar-refractivity contribution in [1.82, 2.24) is 0 Å². The fraction of sp³-hybridized carbons (Fsp3) is 0.814. The molecule has 0 aliphatic heterocycles. The van der Waals surface area contributed by atoms with E-state index in [1.54, 1.807) is 0 Å². The standard InChI is InChI=1S/C43H80NO8P/c1-3-5-7-9-11-13-15-17-19-20-22-23-25-27-29-31-33-35-42(45)49-39-41(40-51-53(47,48)50-38-37-44)52-43(46)36-34-32-30-28-26-24-21-18-16-14-12-10-8-6-4-2/h17-19,21,26,28,41H,3-16,20,22-25,27,29-40,44H2,1-2H3,(H,47,48)/b19-17+,21-18+,28-26+/t41-/m1/s1. The van der Waals surface area contributed by atoms with Crippen LogP contribution in [0.2, 0.25) is 0 Å². The third kappa shape index (κ3) is 39.7. The van der Waals surface area contributed by atoms with Crippen LogP contribution in [0.3, 0.4) is 0 Å². The van der Waals surface area contributed by atoms with E-state index in [2.05, 4.69) is 50.3 Å². The minimum atomic E-state index is -4.38. The maximum atomic E-state index is 12.5. The van der Waals surface area contributed by atoms with Gasteiger partial charge in [0.2, 0.25) is 0 Å². The summed E-state index contributed by atoms with van der Waals surface area (Å²) in [5, 5.41) is 0. The van der Waals surface area contributed by atoms with Gasteiger partial charge >= 0.3 is 19.8 Å². The molecule has 2 atom stereocenters. The Morgan fingerprint density at radius 2 is 0.981 bits per heavy atom. The first-order chi connectivity index (χ1) is 25.8. The van der Waals surface area contributed by atoms with Crippen molar-refractivity contribution in [2.24, 2.45) is 5.73 Å². The summed E-state index contributed by atoms with van der Waals surface area (Å²) in [4.78, 5) is 34.8. The fourth-order valence-electron chi connectivity index (χ4n) is 5.78. The Morgan fingerprint density at radius 3 is 1.49 bits per heavy atom. The Balaban J connectivity index is 4.21. The average Bonchev–Trinajstić information content (AvgIpc) is 3.14. The highest BCUT2D eigenvalue weighted by Gasteiger charge is 2.25. The highest BCUT2D eigenvalue weighted by Crippen LogP contribution is 2.43. The summed E-state index contributed by atoms with van der Waals surface area (Å²) in [6, 6.07) is 0. The quantitative estimate of drug-likeness (QED) is 0.0270. The number of esters is 2. The summed E-state index contributed by atoms with van der Waals surface area (Å²) >= 11 is 0. The normalized spacial score (nSPS) is 13.7. The van der Waals surface area contributed by atoms with Crippen LogP contribution in [0.5, 0.6) is 0 Å². The SMILES string of the molecule is CCCCCCCC/C=C/C/C=C/CCCCC(=O)O[C@H](COC(=O)CCCCCCCCC/C=C/CCCCCCCC)COP(=O)(O)OCCN. The van der Waals surface area contributed by atoms with E-state index < -0.39 is 32.5 Å². The zero-order chi connectivity index (χ0) is 38.9. The second kappa shape index (κ2) is 39.9. The Labute approximate surface area is 324 Å². The van der Waals surface area contributed by atoms with Crippen molar-refractivity contribution in [2.45, 2.75) is 200 Å². The van der Waals surface area contributed by atoms with Gasteiger partial charge in [0.25, 0.3) is 0 Å². The molecule has 310 valence electrons. The van der Waals surface area contributed by atoms with Crippen LogP contribution in [-0.2, 0) is 32.7 Å². The van der Waals surface area contributed by atoms with Crippen molar-refractivity contribution < 1.29 is 37.6 Å². The topological polar surface area (TPSA) is 134 Å². The van der Waals surface area contributed by atoms with Gasteiger partial charge in [-0.3, -0.25) is 18.6 Å². The molecular weight excluding hydrogens is 689 g/mol. The van der Waals surface area contributed by atoms with Crippen LogP contribution in [0.15, 0.2) is 36.5 Å². The highest BCUT2D eigenvalue weighted by molar-refractivity contribution is 7.47. The molecule has 0 saturated carbocycles. The molecule has 0 heterocycles. The number of phosphoric ester groups is 1. The minimum Gasteiger partial charge on any atom is -0.462 e. The van der Waals surface area contributed by atoms with Crippen LogP contribution < -0.4 is 5.73 Å². The van der Waals surface area contributed by atoms with Gasteiger partial charge in [-0.15, -0.1) is 0 Å². The Hall–Kier alpha value is -1.77. The van der Waals surface area contributed by atoms with Gasteiger partial charge in [0.05, 0.1) is 13.2 Å². The van der Waals surface area contributed by atoms with E-state index in [1.165, 1.54) is 103 Å². The van der Waals surface area contributed by atoms with E-state index >= 15 is 0 Å². The molecule has 0 aliphatic carbocycles. The average molecular weight is 770 g/mol. The van der Waals surface area contributed by atoms with Crippen LogP contribution in [0.4, 0.5) is 0 Å². The van der Waals surface area contributed by atoms with E-state index in [-0.39, 0.29) is 32.6 Å². The van der Waals surface area contributed by atoms with Crippen molar-refractivity contribution in [1.29, 1.82) is 0 Å². The summed E-state index contributed by atoms with van der Waals surface area (Å²) in [5.41, 5.74) is 5.34. The Bertz CT molecular complexity index is 970. The maximum absolute atomic E-state index is 12.5. The molecule has 0 spiro atoms. The van der Waals surface area contributed by atoms with Crippen LogP contribution in [0, 0.1) is 0 Å². The summed E-state index contributed by atoms with van der Waals surface area (Å²) in [7, 11) is -4.38. The molecule has 0 aromatic carbocycles. The lowest BCUT2D eigenvalue weighted by molar-refractivity contribution is -0.161. The van der Waals surface area contributed by atoms with E-state index in [0.717, 1.165) is 57.8 Å². The molecule has 3 N–H and O–H groups in total. The number of hydrogen-bond donors (Lipinski definition) is 2. The van der Waals surface area contributed by atoms with Gasteiger partial charge in [-0.25, -0.2) is 4.57 Å². The third-order valence-corrected chi connectivity index (χ3v) is 9.98. The number of nitrogens with two attached hydrogens (primary N) is 1. The molecular formula is C43H80NO8P. The molecule has 0 aliphatic rings. The van der Waals surface area contributed by atoms with Crippen molar-refractivity contribution in [3.05, 3.63) is 36.5 Å². The number of ether oxygens (including phenoxy) is 2. The zero-order valence-electron chi connectivity index (χ0n) is 34.0. The predicted molar refractivity (Wildman–Crippen MR) is 220 cm³/mol. The number of hydrogen-bond acceptors (Lipinski definition) is 8. The summed E-state index contributed by atoms with van der Waals surface area (Å²) in [6.45, 7) is 3.68. The van der Waals surface area contributed by atoms with Crippen LogP contribution in [0.25, 0.3) is 0 Å². The van der Waals surface area contributed by atoms with Crippen molar-refractivity contribution in [2.75, 3.05) is 26.4 Å². The molecule has 0 saturated heterocycles. The molecule has 0 amide bonds. The van der Waals surface area contributed by atoms with Crippen LogP contribution >= 0.6 is 7.82 Å². The van der Waals surface area contributed by atoms with Crippen molar-refractivity contribution >= 4 is 19.8 Å². The smallest absolute Gasteiger partial charge is 0.462 e. The zero-order valence-corrected chi connectivity index (χ0v) is 34.9. The number of carbonyl (C=O) groups is 2. The van der Waals surface area contributed by atoms with Gasteiger partial charge in [0.15, 0.2) is 6.10 Å². The molecule has 0 aromatic rings. The lowest BCUT2D eigenvalue weighted by Gasteiger charge is -2.19. The Morgan fingerprint density at radius 1 is 0.566 bits per heavy atom. The van der Waals surface area contributed by atoms with Gasteiger partial charge in [0, 0.05) is 19.4 Å². The molecule has 9 nitrogen and oxygen atoms in total. The van der Waals surface area contributed by atoms with Gasteiger partial charge in [-0.2, -0.15) is 0 Å². The Kier molecular flexibility index (Phi) is 38.6. The predicted octanol–water partition coefficient (Wildman–Crippen LogP) is 12.2.